The maximum absolute atomic E-state index is 12.5. The van der Waals surface area contributed by atoms with E-state index in [1.54, 1.807) is 18.7 Å². The van der Waals surface area contributed by atoms with Crippen LogP contribution in [0.25, 0.3) is 0 Å². The summed E-state index contributed by atoms with van der Waals surface area (Å²) in [5.41, 5.74) is 5.57. The maximum atomic E-state index is 12.5. The fourth-order valence-electron chi connectivity index (χ4n) is 5.18. The lowest BCUT2D eigenvalue weighted by Crippen LogP contribution is -2.54. The van der Waals surface area contributed by atoms with Crippen molar-refractivity contribution in [1.82, 2.24) is 19.6 Å². The van der Waals surface area contributed by atoms with Crippen LogP contribution in [-0.2, 0) is 23.8 Å². The third-order valence-electron chi connectivity index (χ3n) is 7.25. The summed E-state index contributed by atoms with van der Waals surface area (Å²) in [5.74, 6) is -0.134. The Bertz CT molecular complexity index is 766. The molecule has 0 radical (unpaired) electrons. The summed E-state index contributed by atoms with van der Waals surface area (Å²) in [7, 11) is 0. The van der Waals surface area contributed by atoms with Gasteiger partial charge < -0.3 is 29.7 Å². The molecule has 2 atom stereocenters. The molecule has 3 fully saturated rings. The molecule has 3 N–H and O–H groups in total. The molecule has 3 saturated heterocycles. The molecule has 0 saturated carbocycles. The van der Waals surface area contributed by atoms with Crippen molar-refractivity contribution >= 4 is 24.0 Å². The van der Waals surface area contributed by atoms with Gasteiger partial charge in [-0.15, -0.1) is 0 Å². The standard InChI is InChI=1S/C24H42N6O6/c1-3-34-21(31)15-20(22(32)35-4-2)28-13-11-27(12-14-28)16-19-17-30(24(33)36-19)10-7-18-5-8-29(9-6-18)23(25)26/h18-20H,3-17H2,1-2H3,(H3,25,26). The third-order valence-corrected chi connectivity index (χ3v) is 7.25. The zero-order chi connectivity index (χ0) is 26.1. The van der Waals surface area contributed by atoms with E-state index in [4.69, 9.17) is 25.4 Å². The zero-order valence-electron chi connectivity index (χ0n) is 21.7. The van der Waals surface area contributed by atoms with Crippen LogP contribution in [0.15, 0.2) is 0 Å². The number of hydrogen-bond donors (Lipinski definition) is 2. The third kappa shape index (κ3) is 7.95. The molecule has 36 heavy (non-hydrogen) atoms. The van der Waals surface area contributed by atoms with E-state index in [9.17, 15) is 14.4 Å². The zero-order valence-corrected chi connectivity index (χ0v) is 21.7. The van der Waals surface area contributed by atoms with E-state index in [-0.39, 0.29) is 37.8 Å². The molecule has 0 aromatic rings. The lowest BCUT2D eigenvalue weighted by atomic mass is 9.93. The Morgan fingerprint density at radius 2 is 1.75 bits per heavy atom. The Hall–Kier alpha value is -2.60. The highest BCUT2D eigenvalue weighted by Crippen LogP contribution is 2.22. The summed E-state index contributed by atoms with van der Waals surface area (Å²) < 4.78 is 15.9. The second-order valence-corrected chi connectivity index (χ2v) is 9.67. The average Bonchev–Trinajstić information content (AvgIpc) is 3.21. The number of nitrogens with one attached hydrogen (secondary N) is 1. The first-order valence-corrected chi connectivity index (χ1v) is 13.1. The second-order valence-electron chi connectivity index (χ2n) is 9.67. The van der Waals surface area contributed by atoms with E-state index in [1.807, 2.05) is 9.80 Å². The summed E-state index contributed by atoms with van der Waals surface area (Å²) in [4.78, 5) is 44.8. The molecule has 0 aromatic carbocycles. The number of amides is 1. The van der Waals surface area contributed by atoms with Gasteiger partial charge in [-0.2, -0.15) is 0 Å². The molecule has 204 valence electrons. The fourth-order valence-corrected chi connectivity index (χ4v) is 5.18. The van der Waals surface area contributed by atoms with Gasteiger partial charge in [-0.25, -0.2) is 4.79 Å². The lowest BCUT2D eigenvalue weighted by Gasteiger charge is -2.38. The van der Waals surface area contributed by atoms with Crippen molar-refractivity contribution in [2.45, 2.75) is 51.7 Å². The predicted molar refractivity (Wildman–Crippen MR) is 132 cm³/mol. The van der Waals surface area contributed by atoms with Crippen molar-refractivity contribution in [2.24, 2.45) is 11.7 Å². The summed E-state index contributed by atoms with van der Waals surface area (Å²) in [6.45, 7) is 10.2. The molecule has 2 unspecified atom stereocenters. The highest BCUT2D eigenvalue weighted by Gasteiger charge is 2.36. The van der Waals surface area contributed by atoms with Gasteiger partial charge in [0.25, 0.3) is 0 Å². The van der Waals surface area contributed by atoms with Gasteiger partial charge in [0, 0.05) is 52.4 Å². The van der Waals surface area contributed by atoms with Crippen LogP contribution in [0, 0.1) is 11.3 Å². The molecule has 12 heteroatoms. The first kappa shape index (κ1) is 28.0. The number of rotatable bonds is 11. The number of esters is 2. The van der Waals surface area contributed by atoms with Gasteiger partial charge in [-0.1, -0.05) is 0 Å². The summed E-state index contributed by atoms with van der Waals surface area (Å²) in [6.07, 6.45) is 2.45. The lowest BCUT2D eigenvalue weighted by molar-refractivity contribution is -0.157. The number of piperazine rings is 1. The number of carbonyl (C=O) groups is 3. The Labute approximate surface area is 213 Å². The number of cyclic esters (lactones) is 1. The van der Waals surface area contributed by atoms with Crippen LogP contribution in [0.3, 0.4) is 0 Å². The van der Waals surface area contributed by atoms with Crippen molar-refractivity contribution in [2.75, 3.05) is 72.1 Å². The normalized spacial score (nSPS) is 22.8. The molecule has 0 bridgehead atoms. The molecule has 3 aliphatic heterocycles. The Morgan fingerprint density at radius 3 is 2.36 bits per heavy atom. The largest absolute Gasteiger partial charge is 0.466 e. The monoisotopic (exact) mass is 510 g/mol. The van der Waals surface area contributed by atoms with Gasteiger partial charge in [0.1, 0.15) is 12.1 Å². The summed E-state index contributed by atoms with van der Waals surface area (Å²) in [6, 6.07) is -0.645. The SMILES string of the molecule is CCOC(=O)CC(C(=O)OCC)N1CCN(CC2CN(CCC3CCN(C(=N)N)CC3)C(=O)O2)CC1. The summed E-state index contributed by atoms with van der Waals surface area (Å²) >= 11 is 0. The number of hydrogen-bond acceptors (Lipinski definition) is 9. The molecule has 1 amide bonds. The van der Waals surface area contributed by atoms with Crippen molar-refractivity contribution in [3.63, 3.8) is 0 Å². The van der Waals surface area contributed by atoms with Crippen LogP contribution < -0.4 is 5.73 Å². The van der Waals surface area contributed by atoms with Crippen LogP contribution in [0.2, 0.25) is 0 Å². The van der Waals surface area contributed by atoms with Crippen LogP contribution >= 0.6 is 0 Å². The van der Waals surface area contributed by atoms with Crippen molar-refractivity contribution < 1.29 is 28.6 Å². The Kier molecular flexibility index (Phi) is 10.6. The first-order valence-electron chi connectivity index (χ1n) is 13.1. The fraction of sp³-hybridized carbons (Fsp3) is 0.833. The van der Waals surface area contributed by atoms with Crippen molar-refractivity contribution in [3.8, 4) is 0 Å². The first-order chi connectivity index (χ1) is 17.3. The molecule has 0 spiro atoms. The van der Waals surface area contributed by atoms with Crippen molar-refractivity contribution in [3.05, 3.63) is 0 Å². The molecule has 0 aromatic heterocycles. The maximum Gasteiger partial charge on any atom is 0.410 e. The molecular formula is C24H42N6O6. The predicted octanol–water partition coefficient (Wildman–Crippen LogP) is 0.305. The highest BCUT2D eigenvalue weighted by molar-refractivity contribution is 5.82. The van der Waals surface area contributed by atoms with E-state index in [1.165, 1.54) is 0 Å². The van der Waals surface area contributed by atoms with Gasteiger partial charge in [0.2, 0.25) is 0 Å². The van der Waals surface area contributed by atoms with E-state index in [0.29, 0.717) is 51.7 Å². The van der Waals surface area contributed by atoms with Crippen LogP contribution in [-0.4, -0.2) is 128 Å². The number of guanidine groups is 1. The van der Waals surface area contributed by atoms with E-state index < -0.39 is 18.0 Å². The van der Waals surface area contributed by atoms with Gasteiger partial charge in [-0.3, -0.25) is 24.8 Å². The molecule has 0 aliphatic carbocycles. The minimum atomic E-state index is -0.645. The molecule has 3 aliphatic rings. The Morgan fingerprint density at radius 1 is 1.08 bits per heavy atom. The molecule has 3 rings (SSSR count). The molecular weight excluding hydrogens is 468 g/mol. The average molecular weight is 511 g/mol. The van der Waals surface area contributed by atoms with Crippen LogP contribution in [0.1, 0.15) is 39.5 Å². The number of piperidine rings is 1. The smallest absolute Gasteiger partial charge is 0.410 e. The van der Waals surface area contributed by atoms with Crippen LogP contribution in [0.4, 0.5) is 4.79 Å². The number of nitrogens with two attached hydrogens (primary N) is 1. The summed E-state index contributed by atoms with van der Waals surface area (Å²) in [5, 5.41) is 7.55. The minimum absolute atomic E-state index is 0.0182. The number of nitrogens with zero attached hydrogens (tertiary/aromatic N) is 4. The highest BCUT2D eigenvalue weighted by atomic mass is 16.6. The number of likely N-dealkylation sites (tertiary alicyclic amines) is 1. The van der Waals surface area contributed by atoms with Crippen molar-refractivity contribution in [1.29, 1.82) is 5.41 Å². The van der Waals surface area contributed by atoms with Gasteiger partial charge >= 0.3 is 18.0 Å². The number of carbonyl (C=O) groups excluding carboxylic acids is 3. The minimum Gasteiger partial charge on any atom is -0.466 e. The quantitative estimate of drug-likeness (QED) is 0.173. The van der Waals surface area contributed by atoms with Gasteiger partial charge in [-0.05, 0) is 39.0 Å². The van der Waals surface area contributed by atoms with Gasteiger partial charge in [0.15, 0.2) is 5.96 Å². The Balaban J connectivity index is 1.40. The van der Waals surface area contributed by atoms with E-state index in [2.05, 4.69) is 4.90 Å². The second kappa shape index (κ2) is 13.6. The topological polar surface area (TPSA) is 142 Å². The number of ether oxygens (including phenoxy) is 3. The molecule has 12 nitrogen and oxygen atoms in total. The van der Waals surface area contributed by atoms with Crippen LogP contribution in [0.5, 0.6) is 0 Å². The van der Waals surface area contributed by atoms with E-state index in [0.717, 1.165) is 32.4 Å². The van der Waals surface area contributed by atoms with Gasteiger partial charge in [0.05, 0.1) is 26.2 Å². The molecule has 3 heterocycles. The van der Waals surface area contributed by atoms with E-state index >= 15 is 0 Å².